The van der Waals surface area contributed by atoms with Crippen LogP contribution in [0.4, 0.5) is 5.69 Å². The Kier molecular flexibility index (Phi) is 4.82. The summed E-state index contributed by atoms with van der Waals surface area (Å²) in [6.07, 6.45) is 1.88. The molecule has 25 heavy (non-hydrogen) atoms. The third kappa shape index (κ3) is 3.27. The number of hydrogen-bond acceptors (Lipinski definition) is 3. The molecule has 0 fully saturated rings. The summed E-state index contributed by atoms with van der Waals surface area (Å²) < 4.78 is 7.13. The number of allylic oxidation sites excluding steroid dienone is 1. The average molecular weight is 353 g/mol. The Labute approximate surface area is 152 Å². The zero-order valence-corrected chi connectivity index (χ0v) is 16.1. The van der Waals surface area contributed by atoms with Crippen LogP contribution in [0.15, 0.2) is 53.1 Å². The number of hydrogen-bond donors (Lipinski definition) is 0. The fourth-order valence-corrected chi connectivity index (χ4v) is 5.18. The van der Waals surface area contributed by atoms with Crippen LogP contribution in [0.1, 0.15) is 22.3 Å². The van der Waals surface area contributed by atoms with Gasteiger partial charge in [-0.2, -0.15) is 0 Å². The van der Waals surface area contributed by atoms with Gasteiger partial charge in [-0.3, -0.25) is 4.31 Å². The van der Waals surface area contributed by atoms with Crippen molar-refractivity contribution < 1.29 is 9.53 Å². The molecular weight excluding hydrogens is 330 g/mol. The third-order valence-corrected chi connectivity index (χ3v) is 6.38. The van der Waals surface area contributed by atoms with Crippen molar-refractivity contribution in [3.05, 3.63) is 70.4 Å². The number of carbonyl (C=O) groups is 1. The molecule has 1 atom stereocenters. The van der Waals surface area contributed by atoms with Gasteiger partial charge < -0.3 is 4.74 Å². The Balaban J connectivity index is 2.14. The van der Waals surface area contributed by atoms with Crippen LogP contribution in [0, 0.1) is 27.7 Å². The van der Waals surface area contributed by atoms with Gasteiger partial charge in [-0.05, 0) is 62.4 Å². The maximum Gasteiger partial charge on any atom is 0.355 e. The van der Waals surface area contributed by atoms with Gasteiger partial charge in [-0.25, -0.2) is 4.79 Å². The van der Waals surface area contributed by atoms with Gasteiger partial charge in [0.2, 0.25) is 0 Å². The minimum atomic E-state index is -0.354. The molecule has 0 aliphatic carbocycles. The molecule has 0 N–H and O–H groups in total. The first kappa shape index (κ1) is 17.5. The summed E-state index contributed by atoms with van der Waals surface area (Å²) in [5.74, 6) is -0.309. The number of carbonyl (C=O) groups excluding carboxylic acids is 1. The first-order valence-corrected chi connectivity index (χ1v) is 9.48. The Hall–Kier alpha value is -2.33. The van der Waals surface area contributed by atoms with E-state index in [1.54, 1.807) is 0 Å². The highest BCUT2D eigenvalue weighted by atomic mass is 32.2. The minimum absolute atomic E-state index is 0.309. The molecule has 4 heteroatoms. The lowest BCUT2D eigenvalue weighted by Gasteiger charge is -2.28. The molecule has 2 aromatic rings. The van der Waals surface area contributed by atoms with Crippen molar-refractivity contribution >= 4 is 27.7 Å². The van der Waals surface area contributed by atoms with Gasteiger partial charge >= 0.3 is 5.97 Å². The van der Waals surface area contributed by atoms with Crippen molar-refractivity contribution in [3.8, 4) is 0 Å². The van der Waals surface area contributed by atoms with Crippen LogP contribution in [0.25, 0.3) is 0 Å². The number of esters is 1. The average Bonchev–Trinajstić information content (AvgIpc) is 2.98. The second kappa shape index (κ2) is 6.89. The van der Waals surface area contributed by atoms with E-state index in [0.29, 0.717) is 5.70 Å². The first-order chi connectivity index (χ1) is 11.9. The number of methoxy groups -OCH3 is 1. The molecule has 1 heterocycles. The molecule has 2 aromatic carbocycles. The molecular formula is C21H23NO2S. The molecule has 1 aliphatic heterocycles. The first-order valence-electron chi connectivity index (χ1n) is 8.23. The Morgan fingerprint density at radius 3 is 2.20 bits per heavy atom. The number of benzene rings is 2. The lowest BCUT2D eigenvalue weighted by atomic mass is 10.1. The van der Waals surface area contributed by atoms with E-state index < -0.39 is 0 Å². The minimum Gasteiger partial charge on any atom is -0.464 e. The lowest BCUT2D eigenvalue weighted by Crippen LogP contribution is -2.22. The largest absolute Gasteiger partial charge is 0.464 e. The van der Waals surface area contributed by atoms with Crippen LogP contribution >= 0.6 is 10.7 Å². The predicted octanol–water partition coefficient (Wildman–Crippen LogP) is 4.84. The highest BCUT2D eigenvalue weighted by molar-refractivity contribution is 8.17. The van der Waals surface area contributed by atoms with Crippen LogP contribution in [0.3, 0.4) is 0 Å². The van der Waals surface area contributed by atoms with Crippen LogP contribution in [0.5, 0.6) is 0 Å². The van der Waals surface area contributed by atoms with Gasteiger partial charge in [0.05, 0.1) is 12.8 Å². The Bertz CT molecular complexity index is 912. The van der Waals surface area contributed by atoms with E-state index in [0.717, 1.165) is 11.3 Å². The molecule has 0 saturated carbocycles. The highest BCUT2D eigenvalue weighted by Gasteiger charge is 2.28. The topological polar surface area (TPSA) is 29.5 Å². The van der Waals surface area contributed by atoms with Crippen molar-refractivity contribution in [2.75, 3.05) is 11.4 Å². The lowest BCUT2D eigenvalue weighted by molar-refractivity contribution is -0.136. The van der Waals surface area contributed by atoms with E-state index in [9.17, 15) is 4.79 Å². The molecule has 0 spiro atoms. The van der Waals surface area contributed by atoms with Gasteiger partial charge in [0.15, 0.2) is 0 Å². The predicted molar refractivity (Wildman–Crippen MR) is 106 cm³/mol. The van der Waals surface area contributed by atoms with Gasteiger partial charge in [0.25, 0.3) is 0 Å². The van der Waals surface area contributed by atoms with Crippen molar-refractivity contribution in [2.24, 2.45) is 0 Å². The van der Waals surface area contributed by atoms with Gasteiger partial charge in [-0.1, -0.05) is 46.1 Å². The van der Waals surface area contributed by atoms with Crippen LogP contribution in [0.2, 0.25) is 0 Å². The fraction of sp³-hybridized carbons (Fsp3) is 0.238. The number of ether oxygens (including phenoxy) is 1. The van der Waals surface area contributed by atoms with Crippen LogP contribution < -0.4 is 4.31 Å². The van der Waals surface area contributed by atoms with Gasteiger partial charge in [-0.15, -0.1) is 0 Å². The summed E-state index contributed by atoms with van der Waals surface area (Å²) in [6.45, 7) is 8.38. The quantitative estimate of drug-likeness (QED) is 0.584. The summed E-state index contributed by atoms with van der Waals surface area (Å²) in [6, 6.07) is 12.8. The molecule has 0 radical (unpaired) electrons. The zero-order valence-electron chi connectivity index (χ0n) is 15.3. The van der Waals surface area contributed by atoms with E-state index in [2.05, 4.69) is 73.8 Å². The molecule has 0 bridgehead atoms. The van der Waals surface area contributed by atoms with Gasteiger partial charge in [0, 0.05) is 4.90 Å². The third-order valence-electron chi connectivity index (χ3n) is 4.29. The summed E-state index contributed by atoms with van der Waals surface area (Å²) in [5.41, 5.74) is 6.45. The second-order valence-electron chi connectivity index (χ2n) is 6.35. The molecule has 3 nitrogen and oxygen atoms in total. The molecule has 0 amide bonds. The number of rotatable bonds is 3. The summed E-state index contributed by atoms with van der Waals surface area (Å²) in [7, 11) is 1.07. The van der Waals surface area contributed by atoms with Crippen LogP contribution in [-0.2, 0) is 9.53 Å². The van der Waals surface area contributed by atoms with Crippen molar-refractivity contribution in [1.82, 2.24) is 0 Å². The second-order valence-corrected chi connectivity index (χ2v) is 8.05. The van der Waals surface area contributed by atoms with E-state index in [1.807, 2.05) is 6.08 Å². The number of anilines is 1. The summed E-state index contributed by atoms with van der Waals surface area (Å²) in [4.78, 5) is 13.6. The van der Waals surface area contributed by atoms with E-state index in [1.165, 1.54) is 28.7 Å². The Morgan fingerprint density at radius 1 is 0.960 bits per heavy atom. The maximum atomic E-state index is 12.3. The monoisotopic (exact) mass is 353 g/mol. The van der Waals surface area contributed by atoms with Crippen LogP contribution in [-0.4, -0.2) is 18.4 Å². The molecule has 1 aliphatic rings. The normalized spacial score (nSPS) is 16.4. The van der Waals surface area contributed by atoms with Gasteiger partial charge in [0.1, 0.15) is 5.70 Å². The molecule has 0 saturated heterocycles. The highest BCUT2D eigenvalue weighted by Crippen LogP contribution is 2.44. The number of aryl methyl sites for hydroxylation is 4. The van der Waals surface area contributed by atoms with E-state index in [-0.39, 0.29) is 16.6 Å². The van der Waals surface area contributed by atoms with E-state index in [4.69, 9.17) is 4.74 Å². The fourth-order valence-electron chi connectivity index (χ4n) is 3.09. The standard InChI is InChI=1S/C21H23NO2S/c1-14-6-8-18(16(3)12-14)22-19(21(23)24-5)10-11-25(22)20-9-7-15(2)13-17(20)4/h6-13H,1-5H3. The molecule has 0 aromatic heterocycles. The Morgan fingerprint density at radius 2 is 1.60 bits per heavy atom. The van der Waals surface area contributed by atoms with Crippen molar-refractivity contribution in [3.63, 3.8) is 0 Å². The molecule has 3 rings (SSSR count). The molecule has 130 valence electrons. The number of nitrogens with zero attached hydrogens (tertiary/aromatic N) is 1. The smallest absolute Gasteiger partial charge is 0.355 e. The summed E-state index contributed by atoms with van der Waals surface area (Å²) >= 11 is 0. The maximum absolute atomic E-state index is 12.3. The summed E-state index contributed by atoms with van der Waals surface area (Å²) in [5, 5.41) is 2.10. The van der Waals surface area contributed by atoms with Crippen molar-refractivity contribution in [1.29, 1.82) is 0 Å². The molecule has 1 unspecified atom stereocenters. The zero-order chi connectivity index (χ0) is 18.1. The SMILES string of the molecule is COC(=O)C1=CC=S(c2ccc(C)cc2C)N1c1ccc(C)cc1C. The van der Waals surface area contributed by atoms with Crippen molar-refractivity contribution in [2.45, 2.75) is 32.6 Å². The van der Waals surface area contributed by atoms with E-state index >= 15 is 0 Å².